The quantitative estimate of drug-likeness (QED) is 0.904. The summed E-state index contributed by atoms with van der Waals surface area (Å²) < 4.78 is 0. The maximum atomic E-state index is 11.3. The SMILES string of the molecule is CCC(C)N(CC)c1nc(C(=O)O)cc2ccccc12. The van der Waals surface area contributed by atoms with Crippen LogP contribution in [0.4, 0.5) is 5.82 Å². The van der Waals surface area contributed by atoms with E-state index in [1.807, 2.05) is 24.3 Å². The first-order valence-electron chi connectivity index (χ1n) is 6.98. The van der Waals surface area contributed by atoms with Crippen molar-refractivity contribution in [1.82, 2.24) is 4.98 Å². The van der Waals surface area contributed by atoms with Gasteiger partial charge >= 0.3 is 5.97 Å². The van der Waals surface area contributed by atoms with E-state index in [-0.39, 0.29) is 5.69 Å². The highest BCUT2D eigenvalue weighted by molar-refractivity contribution is 5.98. The minimum absolute atomic E-state index is 0.0976. The van der Waals surface area contributed by atoms with Crippen molar-refractivity contribution in [2.24, 2.45) is 0 Å². The summed E-state index contributed by atoms with van der Waals surface area (Å²) in [5.41, 5.74) is 0.0976. The smallest absolute Gasteiger partial charge is 0.354 e. The Morgan fingerprint density at radius 3 is 2.65 bits per heavy atom. The number of benzene rings is 1. The Labute approximate surface area is 119 Å². The molecule has 0 saturated carbocycles. The monoisotopic (exact) mass is 272 g/mol. The van der Waals surface area contributed by atoms with E-state index >= 15 is 0 Å². The molecule has 1 heterocycles. The number of fused-ring (bicyclic) bond motifs is 1. The molecule has 0 saturated heterocycles. The van der Waals surface area contributed by atoms with Crippen LogP contribution >= 0.6 is 0 Å². The van der Waals surface area contributed by atoms with Gasteiger partial charge in [-0.1, -0.05) is 31.2 Å². The number of rotatable bonds is 5. The molecule has 4 nitrogen and oxygen atoms in total. The molecular weight excluding hydrogens is 252 g/mol. The van der Waals surface area contributed by atoms with E-state index in [0.717, 1.165) is 29.6 Å². The van der Waals surface area contributed by atoms with Gasteiger partial charge in [-0.2, -0.15) is 0 Å². The molecule has 20 heavy (non-hydrogen) atoms. The van der Waals surface area contributed by atoms with Crippen molar-refractivity contribution < 1.29 is 9.90 Å². The number of pyridine rings is 1. The minimum Gasteiger partial charge on any atom is -0.477 e. The summed E-state index contributed by atoms with van der Waals surface area (Å²) in [6.45, 7) is 7.12. The van der Waals surface area contributed by atoms with Crippen LogP contribution in [-0.2, 0) is 0 Å². The summed E-state index contributed by atoms with van der Waals surface area (Å²) in [6.07, 6.45) is 0.987. The van der Waals surface area contributed by atoms with E-state index in [2.05, 4.69) is 30.7 Å². The van der Waals surface area contributed by atoms with E-state index in [9.17, 15) is 9.90 Å². The molecule has 1 N–H and O–H groups in total. The van der Waals surface area contributed by atoms with Crippen LogP contribution in [0.1, 0.15) is 37.7 Å². The summed E-state index contributed by atoms with van der Waals surface area (Å²) in [7, 11) is 0. The second-order valence-corrected chi connectivity index (χ2v) is 4.90. The number of carboxylic acids is 1. The standard InChI is InChI=1S/C16H20N2O2/c1-4-11(3)18(5-2)15-13-9-7-6-8-12(13)10-14(17-15)16(19)20/h6-11H,4-5H2,1-3H3,(H,19,20). The zero-order valence-electron chi connectivity index (χ0n) is 12.1. The maximum absolute atomic E-state index is 11.3. The Balaban J connectivity index is 2.68. The predicted molar refractivity (Wildman–Crippen MR) is 81.5 cm³/mol. The molecule has 106 valence electrons. The predicted octanol–water partition coefficient (Wildman–Crippen LogP) is 3.56. The van der Waals surface area contributed by atoms with Crippen molar-refractivity contribution in [3.8, 4) is 0 Å². The molecule has 0 fully saturated rings. The number of hydrogen-bond acceptors (Lipinski definition) is 3. The van der Waals surface area contributed by atoms with E-state index in [1.165, 1.54) is 0 Å². The van der Waals surface area contributed by atoms with Gasteiger partial charge in [0.2, 0.25) is 0 Å². The topological polar surface area (TPSA) is 53.4 Å². The van der Waals surface area contributed by atoms with Crippen LogP contribution in [0.15, 0.2) is 30.3 Å². The van der Waals surface area contributed by atoms with Gasteiger partial charge in [0, 0.05) is 18.0 Å². The van der Waals surface area contributed by atoms with Gasteiger partial charge in [0.1, 0.15) is 5.82 Å². The van der Waals surface area contributed by atoms with Crippen LogP contribution < -0.4 is 4.90 Å². The fourth-order valence-corrected chi connectivity index (χ4v) is 2.40. The van der Waals surface area contributed by atoms with E-state index in [4.69, 9.17) is 0 Å². The summed E-state index contributed by atoms with van der Waals surface area (Å²) in [4.78, 5) is 17.8. The molecule has 1 aromatic carbocycles. The van der Waals surface area contributed by atoms with E-state index in [0.29, 0.717) is 6.04 Å². The zero-order chi connectivity index (χ0) is 14.7. The zero-order valence-corrected chi connectivity index (χ0v) is 12.1. The fourth-order valence-electron chi connectivity index (χ4n) is 2.40. The van der Waals surface area contributed by atoms with Crippen LogP contribution in [0.5, 0.6) is 0 Å². The third-order valence-corrected chi connectivity index (χ3v) is 3.68. The van der Waals surface area contributed by atoms with Gasteiger partial charge in [-0.15, -0.1) is 0 Å². The highest BCUT2D eigenvalue weighted by atomic mass is 16.4. The number of carboxylic acid groups (broad SMARTS) is 1. The second kappa shape index (κ2) is 5.90. The lowest BCUT2D eigenvalue weighted by molar-refractivity contribution is 0.0691. The fraction of sp³-hybridized carbons (Fsp3) is 0.375. The lowest BCUT2D eigenvalue weighted by Gasteiger charge is -2.29. The number of carbonyl (C=O) groups is 1. The molecule has 1 aromatic heterocycles. The normalized spacial score (nSPS) is 12.3. The van der Waals surface area contributed by atoms with Gasteiger partial charge in [-0.3, -0.25) is 0 Å². The van der Waals surface area contributed by atoms with Crippen molar-refractivity contribution in [3.05, 3.63) is 36.0 Å². The number of nitrogens with zero attached hydrogens (tertiary/aromatic N) is 2. The molecule has 0 radical (unpaired) electrons. The third-order valence-electron chi connectivity index (χ3n) is 3.68. The minimum atomic E-state index is -0.989. The molecule has 1 atom stereocenters. The summed E-state index contributed by atoms with van der Waals surface area (Å²) in [5, 5.41) is 11.2. The molecule has 0 aliphatic rings. The Morgan fingerprint density at radius 1 is 1.35 bits per heavy atom. The van der Waals surface area contributed by atoms with Crippen molar-refractivity contribution >= 4 is 22.6 Å². The van der Waals surface area contributed by atoms with Crippen LogP contribution in [-0.4, -0.2) is 28.6 Å². The number of hydrogen-bond donors (Lipinski definition) is 1. The average Bonchev–Trinajstić information content (AvgIpc) is 2.47. The molecule has 0 aliphatic heterocycles. The van der Waals surface area contributed by atoms with Crippen LogP contribution in [0.3, 0.4) is 0 Å². The molecule has 4 heteroatoms. The Morgan fingerprint density at radius 2 is 2.05 bits per heavy atom. The first kappa shape index (κ1) is 14.3. The van der Waals surface area contributed by atoms with E-state index < -0.39 is 5.97 Å². The van der Waals surface area contributed by atoms with Crippen LogP contribution in [0, 0.1) is 0 Å². The Kier molecular flexibility index (Phi) is 4.23. The van der Waals surface area contributed by atoms with Crippen molar-refractivity contribution in [3.63, 3.8) is 0 Å². The van der Waals surface area contributed by atoms with Crippen LogP contribution in [0.25, 0.3) is 10.8 Å². The van der Waals surface area contributed by atoms with Crippen molar-refractivity contribution in [1.29, 1.82) is 0 Å². The van der Waals surface area contributed by atoms with Gasteiger partial charge < -0.3 is 10.0 Å². The molecule has 0 amide bonds. The van der Waals surface area contributed by atoms with E-state index in [1.54, 1.807) is 6.07 Å². The van der Waals surface area contributed by atoms with Crippen LogP contribution in [0.2, 0.25) is 0 Å². The Bertz CT molecular complexity index is 625. The third kappa shape index (κ3) is 2.59. The summed E-state index contributed by atoms with van der Waals surface area (Å²) >= 11 is 0. The molecule has 0 bridgehead atoms. The van der Waals surface area contributed by atoms with Gasteiger partial charge in [-0.25, -0.2) is 9.78 Å². The van der Waals surface area contributed by atoms with Gasteiger partial charge in [-0.05, 0) is 31.7 Å². The van der Waals surface area contributed by atoms with Gasteiger partial charge in [0.05, 0.1) is 0 Å². The lowest BCUT2D eigenvalue weighted by atomic mass is 10.1. The molecule has 0 aliphatic carbocycles. The second-order valence-electron chi connectivity index (χ2n) is 4.90. The molecule has 2 aromatic rings. The Hall–Kier alpha value is -2.10. The number of aromatic nitrogens is 1. The lowest BCUT2D eigenvalue weighted by Crippen LogP contribution is -2.33. The summed E-state index contributed by atoms with van der Waals surface area (Å²) in [6, 6.07) is 9.74. The van der Waals surface area contributed by atoms with Crippen molar-refractivity contribution in [2.45, 2.75) is 33.2 Å². The first-order chi connectivity index (χ1) is 9.58. The molecule has 2 rings (SSSR count). The van der Waals surface area contributed by atoms with Gasteiger partial charge in [0.25, 0.3) is 0 Å². The first-order valence-corrected chi connectivity index (χ1v) is 6.98. The van der Waals surface area contributed by atoms with Gasteiger partial charge in [0.15, 0.2) is 5.69 Å². The number of anilines is 1. The summed E-state index contributed by atoms with van der Waals surface area (Å²) in [5.74, 6) is -0.227. The average molecular weight is 272 g/mol. The molecule has 0 spiro atoms. The number of aromatic carboxylic acids is 1. The molecule has 1 unspecified atom stereocenters. The molecular formula is C16H20N2O2. The highest BCUT2D eigenvalue weighted by Crippen LogP contribution is 2.27. The van der Waals surface area contributed by atoms with Crippen molar-refractivity contribution in [2.75, 3.05) is 11.4 Å². The highest BCUT2D eigenvalue weighted by Gasteiger charge is 2.18. The maximum Gasteiger partial charge on any atom is 0.354 e. The largest absolute Gasteiger partial charge is 0.477 e.